The SMILES string of the molecule is CCOC(=O)c1cc(C)c(-c2ccccc2Br)s1. The molecule has 0 fully saturated rings. The van der Waals surface area contributed by atoms with Gasteiger partial charge in [0.15, 0.2) is 0 Å². The van der Waals surface area contributed by atoms with Crippen molar-refractivity contribution < 1.29 is 9.53 Å². The van der Waals surface area contributed by atoms with Gasteiger partial charge in [-0.3, -0.25) is 0 Å². The Labute approximate surface area is 119 Å². The van der Waals surface area contributed by atoms with Crippen molar-refractivity contribution in [1.29, 1.82) is 0 Å². The Morgan fingerprint density at radius 2 is 2.11 bits per heavy atom. The third-order valence-electron chi connectivity index (χ3n) is 2.51. The van der Waals surface area contributed by atoms with E-state index in [4.69, 9.17) is 4.74 Å². The van der Waals surface area contributed by atoms with Crippen molar-refractivity contribution in [3.05, 3.63) is 45.2 Å². The normalized spacial score (nSPS) is 10.4. The van der Waals surface area contributed by atoms with Crippen molar-refractivity contribution in [2.75, 3.05) is 6.61 Å². The first kappa shape index (κ1) is 13.3. The minimum Gasteiger partial charge on any atom is -0.462 e. The van der Waals surface area contributed by atoms with Gasteiger partial charge in [-0.1, -0.05) is 34.1 Å². The molecular formula is C14H13BrO2S. The average molecular weight is 325 g/mol. The van der Waals surface area contributed by atoms with E-state index < -0.39 is 0 Å². The van der Waals surface area contributed by atoms with Crippen molar-refractivity contribution in [1.82, 2.24) is 0 Å². The summed E-state index contributed by atoms with van der Waals surface area (Å²) in [5.41, 5.74) is 2.20. The van der Waals surface area contributed by atoms with E-state index in [1.807, 2.05) is 44.2 Å². The van der Waals surface area contributed by atoms with Crippen LogP contribution in [0.4, 0.5) is 0 Å². The predicted octanol–water partition coefficient (Wildman–Crippen LogP) is 4.66. The molecule has 0 unspecified atom stereocenters. The molecule has 1 aromatic carbocycles. The molecule has 94 valence electrons. The lowest BCUT2D eigenvalue weighted by atomic mass is 10.1. The highest BCUT2D eigenvalue weighted by Gasteiger charge is 2.15. The van der Waals surface area contributed by atoms with Crippen molar-refractivity contribution in [2.24, 2.45) is 0 Å². The fourth-order valence-corrected chi connectivity index (χ4v) is 3.42. The van der Waals surface area contributed by atoms with Gasteiger partial charge in [0.05, 0.1) is 6.61 Å². The van der Waals surface area contributed by atoms with Crippen LogP contribution in [0.15, 0.2) is 34.8 Å². The second kappa shape index (κ2) is 5.67. The van der Waals surface area contributed by atoms with Crippen LogP contribution in [0, 0.1) is 6.92 Å². The van der Waals surface area contributed by atoms with Gasteiger partial charge >= 0.3 is 5.97 Å². The second-order valence-corrected chi connectivity index (χ2v) is 5.73. The molecule has 0 bridgehead atoms. The topological polar surface area (TPSA) is 26.3 Å². The van der Waals surface area contributed by atoms with Crippen molar-refractivity contribution in [3.63, 3.8) is 0 Å². The molecular weight excluding hydrogens is 312 g/mol. The van der Waals surface area contributed by atoms with E-state index in [9.17, 15) is 4.79 Å². The lowest BCUT2D eigenvalue weighted by Gasteiger charge is -2.02. The summed E-state index contributed by atoms with van der Waals surface area (Å²) in [6.45, 7) is 4.22. The van der Waals surface area contributed by atoms with Gasteiger partial charge < -0.3 is 4.74 Å². The van der Waals surface area contributed by atoms with Crippen LogP contribution < -0.4 is 0 Å². The third kappa shape index (κ3) is 2.65. The first-order valence-electron chi connectivity index (χ1n) is 5.66. The first-order valence-corrected chi connectivity index (χ1v) is 7.27. The molecule has 2 nitrogen and oxygen atoms in total. The van der Waals surface area contributed by atoms with E-state index in [2.05, 4.69) is 15.9 Å². The van der Waals surface area contributed by atoms with E-state index in [-0.39, 0.29) is 5.97 Å². The summed E-state index contributed by atoms with van der Waals surface area (Å²) in [5, 5.41) is 0. The Balaban J connectivity index is 2.42. The highest BCUT2D eigenvalue weighted by atomic mass is 79.9. The standard InChI is InChI=1S/C14H13BrO2S/c1-3-17-14(16)12-8-9(2)13(18-12)10-6-4-5-7-11(10)15/h4-8H,3H2,1-2H3. The molecule has 0 aliphatic rings. The molecule has 2 rings (SSSR count). The summed E-state index contributed by atoms with van der Waals surface area (Å²) >= 11 is 5.00. The van der Waals surface area contributed by atoms with Gasteiger partial charge in [0.25, 0.3) is 0 Å². The Kier molecular flexibility index (Phi) is 4.19. The van der Waals surface area contributed by atoms with Crippen molar-refractivity contribution >= 4 is 33.2 Å². The largest absolute Gasteiger partial charge is 0.462 e. The molecule has 0 amide bonds. The molecule has 0 aliphatic carbocycles. The van der Waals surface area contributed by atoms with Crippen LogP contribution in [-0.4, -0.2) is 12.6 Å². The molecule has 0 spiro atoms. The van der Waals surface area contributed by atoms with E-state index in [0.29, 0.717) is 11.5 Å². The molecule has 0 radical (unpaired) electrons. The highest BCUT2D eigenvalue weighted by molar-refractivity contribution is 9.10. The highest BCUT2D eigenvalue weighted by Crippen LogP contribution is 2.36. The van der Waals surface area contributed by atoms with E-state index in [0.717, 1.165) is 20.5 Å². The lowest BCUT2D eigenvalue weighted by Crippen LogP contribution is -2.01. The molecule has 0 saturated carbocycles. The Morgan fingerprint density at radius 1 is 1.39 bits per heavy atom. The number of carbonyl (C=O) groups excluding carboxylic acids is 1. The van der Waals surface area contributed by atoms with E-state index >= 15 is 0 Å². The van der Waals surface area contributed by atoms with Crippen LogP contribution in [-0.2, 0) is 4.74 Å². The van der Waals surface area contributed by atoms with Crippen LogP contribution >= 0.6 is 27.3 Å². The molecule has 0 N–H and O–H groups in total. The van der Waals surface area contributed by atoms with Crippen LogP contribution in [0.1, 0.15) is 22.2 Å². The summed E-state index contributed by atoms with van der Waals surface area (Å²) in [6, 6.07) is 9.89. The van der Waals surface area contributed by atoms with Gasteiger partial charge in [-0.2, -0.15) is 0 Å². The van der Waals surface area contributed by atoms with Crippen LogP contribution in [0.25, 0.3) is 10.4 Å². The number of hydrogen-bond donors (Lipinski definition) is 0. The number of ether oxygens (including phenoxy) is 1. The Bertz CT molecular complexity index is 575. The molecule has 0 aliphatic heterocycles. The Hall–Kier alpha value is -1.13. The van der Waals surface area contributed by atoms with Gasteiger partial charge in [0.2, 0.25) is 0 Å². The predicted molar refractivity (Wildman–Crippen MR) is 78.1 cm³/mol. The summed E-state index contributed by atoms with van der Waals surface area (Å²) in [6.07, 6.45) is 0. The molecule has 18 heavy (non-hydrogen) atoms. The molecule has 4 heteroatoms. The molecule has 0 saturated heterocycles. The maximum atomic E-state index is 11.7. The number of thiophene rings is 1. The summed E-state index contributed by atoms with van der Waals surface area (Å²) in [7, 11) is 0. The first-order chi connectivity index (χ1) is 8.63. The van der Waals surface area contributed by atoms with E-state index in [1.54, 1.807) is 0 Å². The monoisotopic (exact) mass is 324 g/mol. The fourth-order valence-electron chi connectivity index (χ4n) is 1.70. The smallest absolute Gasteiger partial charge is 0.348 e. The number of carbonyl (C=O) groups is 1. The molecule has 1 aromatic heterocycles. The fraction of sp³-hybridized carbons (Fsp3) is 0.214. The third-order valence-corrected chi connectivity index (χ3v) is 4.45. The van der Waals surface area contributed by atoms with Gasteiger partial charge in [-0.25, -0.2) is 4.79 Å². The van der Waals surface area contributed by atoms with Crippen molar-refractivity contribution in [3.8, 4) is 10.4 Å². The summed E-state index contributed by atoms with van der Waals surface area (Å²) in [5.74, 6) is -0.246. The minimum absolute atomic E-state index is 0.246. The van der Waals surface area contributed by atoms with Crippen LogP contribution in [0.3, 0.4) is 0 Å². The van der Waals surface area contributed by atoms with Crippen LogP contribution in [0.5, 0.6) is 0 Å². The number of rotatable bonds is 3. The van der Waals surface area contributed by atoms with Gasteiger partial charge in [0.1, 0.15) is 4.88 Å². The molecule has 0 atom stereocenters. The zero-order valence-electron chi connectivity index (χ0n) is 10.2. The van der Waals surface area contributed by atoms with Gasteiger partial charge in [-0.15, -0.1) is 11.3 Å². The lowest BCUT2D eigenvalue weighted by molar-refractivity contribution is 0.0532. The zero-order valence-corrected chi connectivity index (χ0v) is 12.6. The number of hydrogen-bond acceptors (Lipinski definition) is 3. The van der Waals surface area contributed by atoms with Crippen molar-refractivity contribution in [2.45, 2.75) is 13.8 Å². The molecule has 2 aromatic rings. The summed E-state index contributed by atoms with van der Waals surface area (Å²) in [4.78, 5) is 13.5. The van der Waals surface area contributed by atoms with Crippen LogP contribution in [0.2, 0.25) is 0 Å². The number of halogens is 1. The maximum absolute atomic E-state index is 11.7. The number of benzene rings is 1. The maximum Gasteiger partial charge on any atom is 0.348 e. The zero-order chi connectivity index (χ0) is 13.1. The number of esters is 1. The summed E-state index contributed by atoms with van der Waals surface area (Å²) < 4.78 is 6.05. The molecule has 1 heterocycles. The Morgan fingerprint density at radius 3 is 2.78 bits per heavy atom. The van der Waals surface area contributed by atoms with E-state index in [1.165, 1.54) is 11.3 Å². The quantitative estimate of drug-likeness (QED) is 0.767. The number of aryl methyl sites for hydroxylation is 1. The average Bonchev–Trinajstić information content (AvgIpc) is 2.72. The van der Waals surface area contributed by atoms with Gasteiger partial charge in [-0.05, 0) is 31.5 Å². The minimum atomic E-state index is -0.246. The second-order valence-electron chi connectivity index (χ2n) is 3.82. The van der Waals surface area contributed by atoms with Gasteiger partial charge in [0, 0.05) is 14.9 Å².